The summed E-state index contributed by atoms with van der Waals surface area (Å²) in [5, 5.41) is 12.1. The lowest BCUT2D eigenvalue weighted by atomic mass is 10.4. The molecule has 2 N–H and O–H groups in total. The van der Waals surface area contributed by atoms with Gasteiger partial charge in [0, 0.05) is 6.08 Å². The van der Waals surface area contributed by atoms with E-state index >= 15 is 0 Å². The van der Waals surface area contributed by atoms with Gasteiger partial charge in [-0.15, -0.1) is 11.3 Å². The van der Waals surface area contributed by atoms with Crippen LogP contribution in [0, 0.1) is 6.92 Å². The monoisotopic (exact) mass is 266 g/mol. The molecule has 0 aromatic carbocycles. The minimum absolute atomic E-state index is 0.212. The van der Waals surface area contributed by atoms with Gasteiger partial charge in [0.25, 0.3) is 0 Å². The second-order valence-electron chi connectivity index (χ2n) is 3.43. The summed E-state index contributed by atoms with van der Waals surface area (Å²) in [5.74, 6) is -1.23. The smallest absolute Gasteiger partial charge is 0.347 e. The van der Waals surface area contributed by atoms with Crippen LogP contribution in [0.25, 0.3) is 0 Å². The summed E-state index contributed by atoms with van der Waals surface area (Å²) >= 11 is 1.07. The molecule has 1 heterocycles. The van der Waals surface area contributed by atoms with Gasteiger partial charge in [0.1, 0.15) is 9.88 Å². The number of carboxylic acid groups (broad SMARTS) is 1. The van der Waals surface area contributed by atoms with E-state index in [0.717, 1.165) is 11.3 Å². The molecule has 0 atom stereocenters. The molecule has 1 rings (SSSR count). The Labute approximate surface area is 109 Å². The number of nitrogens with zero attached hydrogens (tertiary/aromatic N) is 1. The van der Waals surface area contributed by atoms with Gasteiger partial charge < -0.3 is 10.4 Å². The molecule has 0 radical (unpaired) electrons. The third-order valence-electron chi connectivity index (χ3n) is 2.00. The molecule has 1 aromatic heterocycles. The summed E-state index contributed by atoms with van der Waals surface area (Å²) < 4.78 is 0. The Morgan fingerprint density at radius 3 is 2.72 bits per heavy atom. The van der Waals surface area contributed by atoms with Crippen molar-refractivity contribution in [2.45, 2.75) is 20.4 Å². The van der Waals surface area contributed by atoms with Gasteiger partial charge >= 0.3 is 5.97 Å². The molecule has 0 spiro atoms. The molecular formula is C12H14N2O3S. The van der Waals surface area contributed by atoms with Crippen LogP contribution in [0.4, 0.5) is 0 Å². The van der Waals surface area contributed by atoms with Gasteiger partial charge in [-0.1, -0.05) is 18.2 Å². The number of rotatable bonds is 5. The predicted octanol–water partition coefficient (Wildman–Crippen LogP) is 1.90. The summed E-state index contributed by atoms with van der Waals surface area (Å²) in [6.45, 7) is 3.73. The fourth-order valence-corrected chi connectivity index (χ4v) is 2.05. The Kier molecular flexibility index (Phi) is 5.26. The lowest BCUT2D eigenvalue weighted by molar-refractivity contribution is -0.116. The van der Waals surface area contributed by atoms with E-state index < -0.39 is 5.97 Å². The number of carboxylic acids is 1. The summed E-state index contributed by atoms with van der Waals surface area (Å²) in [5.41, 5.74) is 0.473. The Morgan fingerprint density at radius 1 is 1.44 bits per heavy atom. The van der Waals surface area contributed by atoms with Crippen LogP contribution >= 0.6 is 11.3 Å². The highest BCUT2D eigenvalue weighted by Crippen LogP contribution is 2.17. The van der Waals surface area contributed by atoms with Crippen LogP contribution < -0.4 is 5.32 Å². The number of allylic oxidation sites excluding steroid dienone is 3. The summed E-state index contributed by atoms with van der Waals surface area (Å²) in [7, 11) is 0. The molecule has 0 saturated heterocycles. The van der Waals surface area contributed by atoms with E-state index in [4.69, 9.17) is 5.11 Å². The standard InChI is InChI=1S/C12H14N2O3S/c1-3-4-5-6-9(15)13-7-10-14-8(2)11(18-10)12(16)17/h3-6H,7H2,1-2H3,(H,13,15)(H,16,17). The number of carbonyl (C=O) groups excluding carboxylic acids is 1. The van der Waals surface area contributed by atoms with Crippen molar-refractivity contribution in [1.82, 2.24) is 10.3 Å². The molecule has 96 valence electrons. The van der Waals surface area contributed by atoms with Gasteiger partial charge in [0.2, 0.25) is 5.91 Å². The molecule has 18 heavy (non-hydrogen) atoms. The van der Waals surface area contributed by atoms with Crippen molar-refractivity contribution >= 4 is 23.2 Å². The minimum atomic E-state index is -0.990. The van der Waals surface area contributed by atoms with E-state index in [2.05, 4.69) is 10.3 Å². The first-order valence-electron chi connectivity index (χ1n) is 5.31. The number of nitrogens with one attached hydrogen (secondary N) is 1. The zero-order valence-electron chi connectivity index (χ0n) is 10.1. The lowest BCUT2D eigenvalue weighted by Crippen LogP contribution is -2.20. The third-order valence-corrected chi connectivity index (χ3v) is 3.15. The zero-order valence-corrected chi connectivity index (χ0v) is 11.0. The van der Waals surface area contributed by atoms with Crippen LogP contribution in [0.15, 0.2) is 24.3 Å². The van der Waals surface area contributed by atoms with Crippen molar-refractivity contribution in [2.24, 2.45) is 0 Å². The summed E-state index contributed by atoms with van der Waals surface area (Å²) in [6, 6.07) is 0. The number of aromatic carboxylic acids is 1. The summed E-state index contributed by atoms with van der Waals surface area (Å²) in [4.78, 5) is 26.5. The number of amides is 1. The van der Waals surface area contributed by atoms with Crippen molar-refractivity contribution in [2.75, 3.05) is 0 Å². The Hall–Kier alpha value is -1.95. The first kappa shape index (κ1) is 14.1. The average Bonchev–Trinajstić information content (AvgIpc) is 2.68. The molecule has 0 bridgehead atoms. The van der Waals surface area contributed by atoms with E-state index in [1.165, 1.54) is 6.08 Å². The molecule has 0 unspecified atom stereocenters. The summed E-state index contributed by atoms with van der Waals surface area (Å²) in [6.07, 6.45) is 6.59. The van der Waals surface area contributed by atoms with Gasteiger partial charge in [-0.3, -0.25) is 4.79 Å². The van der Waals surface area contributed by atoms with Crippen molar-refractivity contribution < 1.29 is 14.7 Å². The molecule has 0 aliphatic rings. The molecule has 1 amide bonds. The highest BCUT2D eigenvalue weighted by molar-refractivity contribution is 7.13. The maximum Gasteiger partial charge on any atom is 0.347 e. The van der Waals surface area contributed by atoms with E-state index in [1.54, 1.807) is 19.1 Å². The molecule has 0 aliphatic heterocycles. The van der Waals surface area contributed by atoms with Crippen molar-refractivity contribution in [3.05, 3.63) is 39.9 Å². The highest BCUT2D eigenvalue weighted by atomic mass is 32.1. The Morgan fingerprint density at radius 2 is 2.17 bits per heavy atom. The number of thiazole rings is 1. The van der Waals surface area contributed by atoms with Crippen LogP contribution in [0.1, 0.15) is 27.3 Å². The number of hydrogen-bond donors (Lipinski definition) is 2. The molecule has 0 saturated carbocycles. The van der Waals surface area contributed by atoms with E-state index in [-0.39, 0.29) is 17.3 Å². The van der Waals surface area contributed by atoms with Crippen molar-refractivity contribution in [3.8, 4) is 0 Å². The number of aryl methyl sites for hydroxylation is 1. The molecule has 6 heteroatoms. The van der Waals surface area contributed by atoms with Crippen LogP contribution in [-0.4, -0.2) is 22.0 Å². The Balaban J connectivity index is 2.56. The minimum Gasteiger partial charge on any atom is -0.477 e. The number of aromatic nitrogens is 1. The maximum atomic E-state index is 11.3. The normalized spacial score (nSPS) is 11.2. The highest BCUT2D eigenvalue weighted by Gasteiger charge is 2.13. The molecule has 5 nitrogen and oxygen atoms in total. The van der Waals surface area contributed by atoms with Gasteiger partial charge in [-0.05, 0) is 13.8 Å². The van der Waals surface area contributed by atoms with E-state index in [0.29, 0.717) is 10.7 Å². The molecule has 0 aliphatic carbocycles. The number of hydrogen-bond acceptors (Lipinski definition) is 4. The Bertz CT molecular complexity index is 503. The quantitative estimate of drug-likeness (QED) is 0.630. The van der Waals surface area contributed by atoms with Gasteiger partial charge in [-0.2, -0.15) is 0 Å². The first-order valence-corrected chi connectivity index (χ1v) is 6.13. The SMILES string of the molecule is CC=CC=CC(=O)NCc1nc(C)c(C(=O)O)s1. The van der Waals surface area contributed by atoms with E-state index in [1.807, 2.05) is 13.0 Å². The lowest BCUT2D eigenvalue weighted by Gasteiger charge is -1.97. The fraction of sp³-hybridized carbons (Fsp3) is 0.250. The van der Waals surface area contributed by atoms with E-state index in [9.17, 15) is 9.59 Å². The van der Waals surface area contributed by atoms with Gasteiger partial charge in [0.05, 0.1) is 12.2 Å². The second kappa shape index (κ2) is 6.70. The zero-order chi connectivity index (χ0) is 13.5. The first-order chi connectivity index (χ1) is 8.54. The molecule has 1 aromatic rings. The maximum absolute atomic E-state index is 11.3. The van der Waals surface area contributed by atoms with Crippen molar-refractivity contribution in [1.29, 1.82) is 0 Å². The molecular weight excluding hydrogens is 252 g/mol. The largest absolute Gasteiger partial charge is 0.477 e. The fourth-order valence-electron chi connectivity index (χ4n) is 1.20. The third kappa shape index (κ3) is 4.14. The van der Waals surface area contributed by atoms with Crippen LogP contribution in [0.2, 0.25) is 0 Å². The number of carbonyl (C=O) groups is 2. The predicted molar refractivity (Wildman–Crippen MR) is 69.6 cm³/mol. The van der Waals surface area contributed by atoms with Gasteiger partial charge in [-0.25, -0.2) is 9.78 Å². The van der Waals surface area contributed by atoms with Crippen LogP contribution in [0.5, 0.6) is 0 Å². The van der Waals surface area contributed by atoms with Crippen LogP contribution in [-0.2, 0) is 11.3 Å². The second-order valence-corrected chi connectivity index (χ2v) is 4.51. The topological polar surface area (TPSA) is 79.3 Å². The average molecular weight is 266 g/mol. The van der Waals surface area contributed by atoms with Crippen molar-refractivity contribution in [3.63, 3.8) is 0 Å². The van der Waals surface area contributed by atoms with Crippen LogP contribution in [0.3, 0.4) is 0 Å². The van der Waals surface area contributed by atoms with Gasteiger partial charge in [0.15, 0.2) is 0 Å². The molecule has 0 fully saturated rings.